The number of rotatable bonds is 4. The van der Waals surface area contributed by atoms with E-state index in [1.807, 2.05) is 18.2 Å². The number of carbonyl (C=O) groups is 1. The Morgan fingerprint density at radius 2 is 2.41 bits per heavy atom. The molecule has 17 heavy (non-hydrogen) atoms. The Kier molecular flexibility index (Phi) is 5.76. The van der Waals surface area contributed by atoms with Gasteiger partial charge < -0.3 is 9.84 Å². The average Bonchev–Trinajstić information content (AvgIpc) is 2.35. The molecule has 1 N–H and O–H groups in total. The molecule has 0 aliphatic rings. The first-order chi connectivity index (χ1) is 8.22. The molecule has 1 aromatic heterocycles. The fourth-order valence-corrected chi connectivity index (χ4v) is 1.29. The van der Waals surface area contributed by atoms with Crippen LogP contribution in [-0.2, 0) is 16.0 Å². The van der Waals surface area contributed by atoms with Crippen molar-refractivity contribution in [2.75, 3.05) is 7.11 Å². The van der Waals surface area contributed by atoms with E-state index in [0.29, 0.717) is 19.3 Å². The molecule has 0 spiro atoms. The van der Waals surface area contributed by atoms with Gasteiger partial charge in [-0.05, 0) is 18.6 Å². The Balaban J connectivity index is 2.28. The quantitative estimate of drug-likeness (QED) is 0.477. The van der Waals surface area contributed by atoms with Crippen molar-refractivity contribution in [3.05, 3.63) is 30.1 Å². The Morgan fingerprint density at radius 1 is 1.59 bits per heavy atom. The van der Waals surface area contributed by atoms with E-state index in [-0.39, 0.29) is 0 Å². The third-order valence-corrected chi connectivity index (χ3v) is 2.15. The molecule has 90 valence electrons. The molecule has 0 aliphatic heterocycles. The van der Waals surface area contributed by atoms with Crippen molar-refractivity contribution in [2.45, 2.75) is 25.4 Å². The van der Waals surface area contributed by atoms with Crippen LogP contribution >= 0.6 is 0 Å². The molecular formula is C13H15NO3. The van der Waals surface area contributed by atoms with Gasteiger partial charge in [0.15, 0.2) is 0 Å². The molecule has 0 amide bonds. The average molecular weight is 233 g/mol. The molecule has 0 aromatic carbocycles. The van der Waals surface area contributed by atoms with Crippen molar-refractivity contribution in [2.24, 2.45) is 0 Å². The molecule has 0 unspecified atom stereocenters. The number of aliphatic hydroxyl groups is 1. The van der Waals surface area contributed by atoms with Gasteiger partial charge in [0.25, 0.3) is 0 Å². The second-order valence-electron chi connectivity index (χ2n) is 3.51. The minimum atomic E-state index is -0.552. The second kappa shape index (κ2) is 7.42. The van der Waals surface area contributed by atoms with Gasteiger partial charge in [-0.3, -0.25) is 4.98 Å². The summed E-state index contributed by atoms with van der Waals surface area (Å²) in [6, 6.07) is 5.58. The lowest BCUT2D eigenvalue weighted by atomic mass is 10.1. The highest BCUT2D eigenvalue weighted by molar-refractivity contribution is 5.88. The fourth-order valence-electron chi connectivity index (χ4n) is 1.29. The number of methoxy groups -OCH3 is 1. The topological polar surface area (TPSA) is 59.4 Å². The Bertz CT molecular complexity index is 406. The molecule has 0 bridgehead atoms. The summed E-state index contributed by atoms with van der Waals surface area (Å²) in [5.74, 6) is 4.41. The lowest BCUT2D eigenvalue weighted by molar-refractivity contribution is -0.133. The number of aliphatic hydroxyl groups excluding tert-OH is 1. The summed E-state index contributed by atoms with van der Waals surface area (Å²) in [5.41, 5.74) is 0.848. The van der Waals surface area contributed by atoms with Crippen LogP contribution < -0.4 is 0 Å². The summed E-state index contributed by atoms with van der Waals surface area (Å²) in [4.78, 5) is 14.8. The van der Waals surface area contributed by atoms with Crippen LogP contribution in [0, 0.1) is 11.8 Å². The summed E-state index contributed by atoms with van der Waals surface area (Å²) >= 11 is 0. The summed E-state index contributed by atoms with van der Waals surface area (Å²) in [7, 11) is 1.28. The molecule has 0 fully saturated rings. The largest absolute Gasteiger partial charge is 0.459 e. The number of hydrogen-bond acceptors (Lipinski definition) is 4. The zero-order valence-corrected chi connectivity index (χ0v) is 9.72. The maximum absolute atomic E-state index is 10.7. The number of aromatic nitrogens is 1. The number of hydrogen-bond donors (Lipinski definition) is 1. The van der Waals surface area contributed by atoms with Crippen molar-refractivity contribution in [3.63, 3.8) is 0 Å². The van der Waals surface area contributed by atoms with Crippen molar-refractivity contribution in [1.82, 2.24) is 4.98 Å². The summed E-state index contributed by atoms with van der Waals surface area (Å²) in [6.45, 7) is 0. The zero-order chi connectivity index (χ0) is 12.5. The summed E-state index contributed by atoms with van der Waals surface area (Å²) in [6.07, 6.45) is 2.68. The van der Waals surface area contributed by atoms with Crippen LogP contribution in [0.15, 0.2) is 24.4 Å². The second-order valence-corrected chi connectivity index (χ2v) is 3.51. The molecule has 4 heteroatoms. The summed E-state index contributed by atoms with van der Waals surface area (Å²) in [5, 5.41) is 9.70. The highest BCUT2D eigenvalue weighted by Crippen LogP contribution is 2.04. The molecule has 0 saturated carbocycles. The van der Waals surface area contributed by atoms with Gasteiger partial charge in [-0.15, -0.1) is 0 Å². The molecule has 1 atom stereocenters. The third-order valence-electron chi connectivity index (χ3n) is 2.15. The first-order valence-electron chi connectivity index (χ1n) is 5.37. The van der Waals surface area contributed by atoms with E-state index in [1.165, 1.54) is 7.11 Å². The van der Waals surface area contributed by atoms with E-state index in [9.17, 15) is 9.90 Å². The van der Waals surface area contributed by atoms with E-state index in [4.69, 9.17) is 0 Å². The molecule has 1 aromatic rings. The standard InChI is InChI=1S/C13H15NO3/c1-17-13(16)8-3-2-7-12(15)10-11-6-4-5-9-14-11/h4-6,9,12,15H,2,7,10H2,1H3/t12-/m1/s1. The molecule has 0 radical (unpaired) electrons. The van der Waals surface area contributed by atoms with Crippen LogP contribution in [0.1, 0.15) is 18.5 Å². The Morgan fingerprint density at radius 3 is 3.06 bits per heavy atom. The van der Waals surface area contributed by atoms with Gasteiger partial charge in [0.1, 0.15) is 0 Å². The van der Waals surface area contributed by atoms with Crippen LogP contribution in [0.3, 0.4) is 0 Å². The van der Waals surface area contributed by atoms with Gasteiger partial charge >= 0.3 is 5.97 Å². The smallest absolute Gasteiger partial charge is 0.384 e. The zero-order valence-electron chi connectivity index (χ0n) is 9.72. The van der Waals surface area contributed by atoms with Crippen LogP contribution in [0.5, 0.6) is 0 Å². The monoisotopic (exact) mass is 233 g/mol. The third kappa shape index (κ3) is 5.69. The van der Waals surface area contributed by atoms with E-state index < -0.39 is 12.1 Å². The van der Waals surface area contributed by atoms with Crippen LogP contribution in [-0.4, -0.2) is 29.3 Å². The van der Waals surface area contributed by atoms with Crippen LogP contribution in [0.25, 0.3) is 0 Å². The van der Waals surface area contributed by atoms with Gasteiger partial charge in [0, 0.05) is 30.7 Å². The Labute approximate surface area is 101 Å². The number of nitrogens with zero attached hydrogens (tertiary/aromatic N) is 1. The van der Waals surface area contributed by atoms with E-state index in [2.05, 4.69) is 21.6 Å². The first-order valence-corrected chi connectivity index (χ1v) is 5.37. The normalized spacial score (nSPS) is 11.2. The minimum Gasteiger partial charge on any atom is -0.459 e. The van der Waals surface area contributed by atoms with E-state index in [0.717, 1.165) is 5.69 Å². The molecule has 0 aliphatic carbocycles. The predicted molar refractivity (Wildman–Crippen MR) is 63.0 cm³/mol. The van der Waals surface area contributed by atoms with Gasteiger partial charge in [-0.25, -0.2) is 4.79 Å². The summed E-state index contributed by atoms with van der Waals surface area (Å²) < 4.78 is 4.37. The molecule has 0 saturated heterocycles. The van der Waals surface area contributed by atoms with Gasteiger partial charge in [0.2, 0.25) is 0 Å². The number of esters is 1. The lowest BCUT2D eigenvalue weighted by Crippen LogP contribution is -2.10. The maximum atomic E-state index is 10.7. The van der Waals surface area contributed by atoms with Gasteiger partial charge in [-0.2, -0.15) is 0 Å². The first kappa shape index (κ1) is 13.2. The minimum absolute atomic E-state index is 0.461. The van der Waals surface area contributed by atoms with E-state index in [1.54, 1.807) is 6.20 Å². The van der Waals surface area contributed by atoms with E-state index >= 15 is 0 Å². The number of pyridine rings is 1. The highest BCUT2D eigenvalue weighted by Gasteiger charge is 2.04. The van der Waals surface area contributed by atoms with Crippen molar-refractivity contribution >= 4 is 5.97 Å². The Hall–Kier alpha value is -1.86. The van der Waals surface area contributed by atoms with Gasteiger partial charge in [-0.1, -0.05) is 12.0 Å². The van der Waals surface area contributed by atoms with Crippen molar-refractivity contribution in [3.8, 4) is 11.8 Å². The fraction of sp³-hybridized carbons (Fsp3) is 0.385. The molecule has 1 rings (SSSR count). The lowest BCUT2D eigenvalue weighted by Gasteiger charge is -2.07. The molecule has 1 heterocycles. The molecule has 4 nitrogen and oxygen atoms in total. The van der Waals surface area contributed by atoms with Crippen molar-refractivity contribution < 1.29 is 14.6 Å². The van der Waals surface area contributed by atoms with Gasteiger partial charge in [0.05, 0.1) is 13.2 Å². The molecular weight excluding hydrogens is 218 g/mol. The van der Waals surface area contributed by atoms with Crippen LogP contribution in [0.2, 0.25) is 0 Å². The highest BCUT2D eigenvalue weighted by atomic mass is 16.5. The SMILES string of the molecule is COC(=O)C#CCC[C@@H](O)Cc1ccccn1. The van der Waals surface area contributed by atoms with Crippen molar-refractivity contribution in [1.29, 1.82) is 0 Å². The predicted octanol–water partition coefficient (Wildman–Crippen LogP) is 0.942. The number of carbonyl (C=O) groups excluding carboxylic acids is 1. The maximum Gasteiger partial charge on any atom is 0.384 e. The van der Waals surface area contributed by atoms with Crippen LogP contribution in [0.4, 0.5) is 0 Å². The number of ether oxygens (including phenoxy) is 1.